The molecule has 1 saturated heterocycles. The average Bonchev–Trinajstić information content (AvgIpc) is 2.29. The van der Waals surface area contributed by atoms with Gasteiger partial charge in [0.1, 0.15) is 6.07 Å². The highest BCUT2D eigenvalue weighted by Crippen LogP contribution is 2.11. The van der Waals surface area contributed by atoms with E-state index in [9.17, 15) is 15.0 Å². The van der Waals surface area contributed by atoms with E-state index >= 15 is 0 Å². The Bertz CT molecular complexity index is 282. The van der Waals surface area contributed by atoms with Crippen LogP contribution in [0.15, 0.2) is 0 Å². The van der Waals surface area contributed by atoms with Crippen molar-refractivity contribution >= 4 is 5.78 Å². The van der Waals surface area contributed by atoms with E-state index in [1.807, 2.05) is 0 Å². The summed E-state index contributed by atoms with van der Waals surface area (Å²) in [4.78, 5) is 13.0. The van der Waals surface area contributed by atoms with E-state index in [1.165, 1.54) is 12.5 Å². The highest BCUT2D eigenvalue weighted by atomic mass is 16.3. The number of nitriles is 1. The highest BCUT2D eigenvalue weighted by Gasteiger charge is 2.19. The standard InChI is InChI=1S/C12H20N2O3/c13-8-11(16)6-10(15)7-12(17)9-14-4-2-1-3-5-14/h10,12,15,17H,1-7,9H2. The molecule has 0 saturated carbocycles. The van der Waals surface area contributed by atoms with Gasteiger partial charge in [-0.15, -0.1) is 0 Å². The van der Waals surface area contributed by atoms with E-state index < -0.39 is 18.0 Å². The van der Waals surface area contributed by atoms with Gasteiger partial charge in [-0.2, -0.15) is 5.26 Å². The summed E-state index contributed by atoms with van der Waals surface area (Å²) in [6.45, 7) is 2.52. The van der Waals surface area contributed by atoms with E-state index in [4.69, 9.17) is 5.26 Å². The van der Waals surface area contributed by atoms with Crippen molar-refractivity contribution in [2.24, 2.45) is 0 Å². The van der Waals surface area contributed by atoms with Crippen molar-refractivity contribution in [2.45, 2.75) is 44.3 Å². The Labute approximate surface area is 102 Å². The van der Waals surface area contributed by atoms with Crippen LogP contribution in [0.1, 0.15) is 32.1 Å². The fourth-order valence-corrected chi connectivity index (χ4v) is 2.17. The van der Waals surface area contributed by atoms with Crippen molar-refractivity contribution in [1.82, 2.24) is 4.90 Å². The molecule has 0 spiro atoms. The maximum atomic E-state index is 10.8. The summed E-state index contributed by atoms with van der Waals surface area (Å²) < 4.78 is 0. The summed E-state index contributed by atoms with van der Waals surface area (Å²) in [5.41, 5.74) is 0. The summed E-state index contributed by atoms with van der Waals surface area (Å²) in [6.07, 6.45) is 1.98. The maximum Gasteiger partial charge on any atom is 0.234 e. The lowest BCUT2D eigenvalue weighted by Gasteiger charge is -2.29. The topological polar surface area (TPSA) is 84.6 Å². The van der Waals surface area contributed by atoms with Crippen LogP contribution in [0.2, 0.25) is 0 Å². The fourth-order valence-electron chi connectivity index (χ4n) is 2.17. The molecule has 1 heterocycles. The van der Waals surface area contributed by atoms with Gasteiger partial charge in [0.15, 0.2) is 0 Å². The van der Waals surface area contributed by atoms with Crippen molar-refractivity contribution in [3.63, 3.8) is 0 Å². The van der Waals surface area contributed by atoms with Gasteiger partial charge >= 0.3 is 0 Å². The first-order valence-corrected chi connectivity index (χ1v) is 6.13. The van der Waals surface area contributed by atoms with E-state index in [-0.39, 0.29) is 12.8 Å². The third kappa shape index (κ3) is 5.78. The molecule has 5 heteroatoms. The Morgan fingerprint density at radius 3 is 2.47 bits per heavy atom. The van der Waals surface area contributed by atoms with Crippen LogP contribution in [0.3, 0.4) is 0 Å². The molecular formula is C12H20N2O3. The molecule has 0 bridgehead atoms. The molecule has 2 unspecified atom stereocenters. The van der Waals surface area contributed by atoms with E-state index in [1.54, 1.807) is 0 Å². The summed E-state index contributed by atoms with van der Waals surface area (Å²) in [5, 5.41) is 27.6. The number of rotatable bonds is 6. The Hall–Kier alpha value is -0.960. The molecule has 1 rings (SSSR count). The number of ketones is 1. The molecule has 96 valence electrons. The molecular weight excluding hydrogens is 220 g/mol. The molecule has 0 aliphatic carbocycles. The third-order valence-corrected chi connectivity index (χ3v) is 3.01. The maximum absolute atomic E-state index is 10.8. The SMILES string of the molecule is N#CC(=O)CC(O)CC(O)CN1CCCCC1. The number of aliphatic hydroxyl groups excluding tert-OH is 2. The average molecular weight is 240 g/mol. The van der Waals surface area contributed by atoms with Crippen LogP contribution in [-0.2, 0) is 4.79 Å². The van der Waals surface area contributed by atoms with Gasteiger partial charge in [0, 0.05) is 19.4 Å². The van der Waals surface area contributed by atoms with Crippen molar-refractivity contribution in [2.75, 3.05) is 19.6 Å². The van der Waals surface area contributed by atoms with Crippen LogP contribution >= 0.6 is 0 Å². The lowest BCUT2D eigenvalue weighted by Crippen LogP contribution is -2.37. The Balaban J connectivity index is 2.21. The second-order valence-electron chi connectivity index (χ2n) is 4.64. The molecule has 1 aliphatic heterocycles. The van der Waals surface area contributed by atoms with Gasteiger partial charge in [-0.25, -0.2) is 0 Å². The first kappa shape index (κ1) is 14.1. The van der Waals surface area contributed by atoms with Crippen LogP contribution in [0.25, 0.3) is 0 Å². The Morgan fingerprint density at radius 2 is 1.88 bits per heavy atom. The number of piperidine rings is 1. The molecule has 1 aliphatic rings. The number of β-amino-alcohol motifs (C(OH)–C–C–N with tert-alkyl or cyclic N) is 1. The van der Waals surface area contributed by atoms with Gasteiger partial charge in [-0.3, -0.25) is 4.79 Å². The zero-order chi connectivity index (χ0) is 12.7. The highest BCUT2D eigenvalue weighted by molar-refractivity contribution is 5.93. The monoisotopic (exact) mass is 240 g/mol. The van der Waals surface area contributed by atoms with Gasteiger partial charge < -0.3 is 15.1 Å². The zero-order valence-corrected chi connectivity index (χ0v) is 10.0. The third-order valence-electron chi connectivity index (χ3n) is 3.01. The second kappa shape index (κ2) is 7.38. The molecule has 1 fully saturated rings. The van der Waals surface area contributed by atoms with Gasteiger partial charge in [-0.1, -0.05) is 6.42 Å². The second-order valence-corrected chi connectivity index (χ2v) is 4.64. The molecule has 0 aromatic heterocycles. The quantitative estimate of drug-likeness (QED) is 0.642. The van der Waals surface area contributed by atoms with Gasteiger partial charge in [-0.05, 0) is 25.9 Å². The normalized spacial score (nSPS) is 20.5. The number of hydrogen-bond donors (Lipinski definition) is 2. The summed E-state index contributed by atoms with van der Waals surface area (Å²) >= 11 is 0. The summed E-state index contributed by atoms with van der Waals surface area (Å²) in [7, 11) is 0. The van der Waals surface area contributed by atoms with Crippen molar-refractivity contribution < 1.29 is 15.0 Å². The van der Waals surface area contributed by atoms with E-state index in [0.717, 1.165) is 25.9 Å². The number of nitrogens with zero attached hydrogens (tertiary/aromatic N) is 2. The molecule has 0 aromatic rings. The van der Waals surface area contributed by atoms with Crippen LogP contribution in [0.4, 0.5) is 0 Å². The number of Topliss-reactive ketones (excluding diaryl/α,β-unsaturated/α-hetero) is 1. The first-order valence-electron chi connectivity index (χ1n) is 6.13. The first-order chi connectivity index (χ1) is 8.11. The minimum atomic E-state index is -0.915. The number of carbonyl (C=O) groups excluding carboxylic acids is 1. The Kier molecular flexibility index (Phi) is 6.12. The summed E-state index contributed by atoms with van der Waals surface area (Å²) in [6, 6.07) is 1.46. The Morgan fingerprint density at radius 1 is 1.24 bits per heavy atom. The van der Waals surface area contributed by atoms with Gasteiger partial charge in [0.25, 0.3) is 0 Å². The zero-order valence-electron chi connectivity index (χ0n) is 10.0. The predicted octanol–water partition coefficient (Wildman–Crippen LogP) is 0.0670. The lowest BCUT2D eigenvalue weighted by molar-refractivity contribution is -0.116. The molecule has 0 radical (unpaired) electrons. The van der Waals surface area contributed by atoms with E-state index in [2.05, 4.69) is 4.90 Å². The number of hydrogen-bond acceptors (Lipinski definition) is 5. The number of carbonyl (C=O) groups is 1. The predicted molar refractivity (Wildman–Crippen MR) is 62.2 cm³/mol. The molecule has 17 heavy (non-hydrogen) atoms. The number of likely N-dealkylation sites (tertiary alicyclic amines) is 1. The van der Waals surface area contributed by atoms with E-state index in [0.29, 0.717) is 6.54 Å². The lowest BCUT2D eigenvalue weighted by atomic mass is 10.1. The largest absolute Gasteiger partial charge is 0.393 e. The smallest absolute Gasteiger partial charge is 0.234 e. The van der Waals surface area contributed by atoms with Crippen LogP contribution in [-0.4, -0.2) is 52.7 Å². The van der Waals surface area contributed by atoms with Crippen LogP contribution in [0.5, 0.6) is 0 Å². The van der Waals surface area contributed by atoms with Crippen LogP contribution < -0.4 is 0 Å². The fraction of sp³-hybridized carbons (Fsp3) is 0.833. The van der Waals surface area contributed by atoms with Crippen LogP contribution in [0, 0.1) is 11.3 Å². The molecule has 2 N–H and O–H groups in total. The van der Waals surface area contributed by atoms with Gasteiger partial charge in [0.2, 0.25) is 5.78 Å². The molecule has 2 atom stereocenters. The van der Waals surface area contributed by atoms with Crippen molar-refractivity contribution in [3.8, 4) is 6.07 Å². The number of aliphatic hydroxyl groups is 2. The molecule has 0 amide bonds. The van der Waals surface area contributed by atoms with Crippen molar-refractivity contribution in [3.05, 3.63) is 0 Å². The minimum Gasteiger partial charge on any atom is -0.393 e. The minimum absolute atomic E-state index is 0.157. The van der Waals surface area contributed by atoms with Crippen molar-refractivity contribution in [1.29, 1.82) is 5.26 Å². The molecule has 5 nitrogen and oxygen atoms in total. The molecule has 0 aromatic carbocycles. The van der Waals surface area contributed by atoms with Gasteiger partial charge in [0.05, 0.1) is 12.2 Å². The summed E-state index contributed by atoms with van der Waals surface area (Å²) in [5.74, 6) is -0.636.